The molecule has 1 rings (SSSR count). The van der Waals surface area contributed by atoms with E-state index in [4.69, 9.17) is 9.47 Å². The third kappa shape index (κ3) is 4.66. The van der Waals surface area contributed by atoms with Crippen LogP contribution >= 0.6 is 0 Å². The lowest BCUT2D eigenvalue weighted by Crippen LogP contribution is -2.31. The molecule has 0 radical (unpaired) electrons. The van der Waals surface area contributed by atoms with Crippen molar-refractivity contribution in [3.05, 3.63) is 11.6 Å². The Balaban J connectivity index is 2.63. The second kappa shape index (κ2) is 7.46. The Bertz CT molecular complexity index is 382. The fourth-order valence-electron chi connectivity index (χ4n) is 2.17. The highest BCUT2D eigenvalue weighted by Crippen LogP contribution is 2.33. The average molecular weight is 282 g/mol. The number of carbonyl (C=O) groups excluding carboxylic acids is 2. The molecule has 4 heteroatoms. The molecule has 0 aromatic carbocycles. The lowest BCUT2D eigenvalue weighted by molar-refractivity contribution is -0.159. The zero-order chi connectivity index (χ0) is 15.3. The molecule has 0 saturated carbocycles. The molecule has 0 aromatic heterocycles. The van der Waals surface area contributed by atoms with Crippen LogP contribution < -0.4 is 0 Å². The number of hydrogen-bond acceptors (Lipinski definition) is 4. The number of allylic oxidation sites excluding steroid dienone is 1. The largest absolute Gasteiger partial charge is 0.465 e. The van der Waals surface area contributed by atoms with E-state index in [1.807, 2.05) is 40.7 Å². The first kappa shape index (κ1) is 16.7. The highest BCUT2D eigenvalue weighted by atomic mass is 16.5. The van der Waals surface area contributed by atoms with Gasteiger partial charge in [0, 0.05) is 0 Å². The molecule has 114 valence electrons. The van der Waals surface area contributed by atoms with Crippen LogP contribution in [0.4, 0.5) is 0 Å². The van der Waals surface area contributed by atoms with Crippen LogP contribution in [0, 0.1) is 23.7 Å². The second-order valence-electron chi connectivity index (χ2n) is 6.32. The Labute approximate surface area is 121 Å². The first-order valence-corrected chi connectivity index (χ1v) is 7.32. The third-order valence-corrected chi connectivity index (χ3v) is 3.26. The van der Waals surface area contributed by atoms with Gasteiger partial charge in [0.1, 0.15) is 0 Å². The highest BCUT2D eigenvalue weighted by molar-refractivity contribution is 5.85. The first-order valence-electron chi connectivity index (χ1n) is 7.32. The van der Waals surface area contributed by atoms with Crippen molar-refractivity contribution in [3.8, 4) is 0 Å². The van der Waals surface area contributed by atoms with Gasteiger partial charge in [-0.3, -0.25) is 9.59 Å². The van der Waals surface area contributed by atoms with E-state index in [1.54, 1.807) is 0 Å². The Kier molecular flexibility index (Phi) is 6.24. The van der Waals surface area contributed by atoms with Gasteiger partial charge in [0.15, 0.2) is 0 Å². The minimum atomic E-state index is -0.478. The van der Waals surface area contributed by atoms with Crippen LogP contribution in [0.2, 0.25) is 0 Å². The molecule has 0 aromatic rings. The average Bonchev–Trinajstić information content (AvgIpc) is 2.75. The monoisotopic (exact) mass is 282 g/mol. The molecule has 0 heterocycles. The van der Waals surface area contributed by atoms with Crippen molar-refractivity contribution in [1.29, 1.82) is 0 Å². The summed E-state index contributed by atoms with van der Waals surface area (Å²) in [5.74, 6) is -0.923. The zero-order valence-electron chi connectivity index (χ0n) is 13.1. The van der Waals surface area contributed by atoms with Gasteiger partial charge in [-0.2, -0.15) is 0 Å². The number of hydrogen-bond donors (Lipinski definition) is 0. The fourth-order valence-corrected chi connectivity index (χ4v) is 2.17. The zero-order valence-corrected chi connectivity index (χ0v) is 13.1. The van der Waals surface area contributed by atoms with Crippen molar-refractivity contribution < 1.29 is 19.1 Å². The van der Waals surface area contributed by atoms with Crippen LogP contribution in [0.15, 0.2) is 11.6 Å². The van der Waals surface area contributed by atoms with Gasteiger partial charge in [0.2, 0.25) is 0 Å². The summed E-state index contributed by atoms with van der Waals surface area (Å²) < 4.78 is 10.5. The van der Waals surface area contributed by atoms with Crippen LogP contribution in [0.25, 0.3) is 0 Å². The van der Waals surface area contributed by atoms with Crippen LogP contribution in [0.3, 0.4) is 0 Å². The van der Waals surface area contributed by atoms with E-state index < -0.39 is 11.8 Å². The van der Waals surface area contributed by atoms with Crippen molar-refractivity contribution in [3.63, 3.8) is 0 Å². The Morgan fingerprint density at radius 2 is 1.60 bits per heavy atom. The van der Waals surface area contributed by atoms with E-state index in [-0.39, 0.29) is 17.9 Å². The molecule has 0 amide bonds. The molecular formula is C16H26O4. The molecule has 0 N–H and O–H groups in total. The maximum absolute atomic E-state index is 12.1. The molecule has 0 saturated heterocycles. The van der Waals surface area contributed by atoms with E-state index in [0.29, 0.717) is 25.6 Å². The summed E-state index contributed by atoms with van der Waals surface area (Å²) >= 11 is 0. The number of ether oxygens (including phenoxy) is 2. The standard InChI is InChI=1S/C16H26O4/c1-10(2)8-19-15(17)13-7-6-12(5)14(13)16(18)20-9-11(3)4/h6,10-11,13-14H,7-9H2,1-5H3. The summed E-state index contributed by atoms with van der Waals surface area (Å²) in [6.45, 7) is 10.6. The summed E-state index contributed by atoms with van der Waals surface area (Å²) in [6, 6.07) is 0. The van der Waals surface area contributed by atoms with Gasteiger partial charge in [-0.25, -0.2) is 0 Å². The summed E-state index contributed by atoms with van der Waals surface area (Å²) in [5.41, 5.74) is 0.908. The summed E-state index contributed by atoms with van der Waals surface area (Å²) in [5, 5.41) is 0. The molecule has 1 aliphatic rings. The van der Waals surface area contributed by atoms with Gasteiger partial charge in [0.25, 0.3) is 0 Å². The summed E-state index contributed by atoms with van der Waals surface area (Å²) in [7, 11) is 0. The lowest BCUT2D eigenvalue weighted by atomic mass is 9.91. The van der Waals surface area contributed by atoms with Crippen molar-refractivity contribution in [2.75, 3.05) is 13.2 Å². The van der Waals surface area contributed by atoms with Gasteiger partial charge in [0.05, 0.1) is 25.0 Å². The first-order chi connectivity index (χ1) is 9.32. The molecule has 0 bridgehead atoms. The molecule has 20 heavy (non-hydrogen) atoms. The molecule has 4 nitrogen and oxygen atoms in total. The quantitative estimate of drug-likeness (QED) is 0.555. The van der Waals surface area contributed by atoms with E-state index in [9.17, 15) is 9.59 Å². The van der Waals surface area contributed by atoms with Gasteiger partial charge in [-0.1, -0.05) is 39.3 Å². The molecule has 1 aliphatic carbocycles. The predicted molar refractivity (Wildman–Crippen MR) is 76.9 cm³/mol. The third-order valence-electron chi connectivity index (χ3n) is 3.26. The van der Waals surface area contributed by atoms with Crippen LogP contribution in [0.1, 0.15) is 41.0 Å². The van der Waals surface area contributed by atoms with Gasteiger partial charge in [-0.05, 0) is 25.2 Å². The molecule has 0 aliphatic heterocycles. The maximum atomic E-state index is 12.1. The maximum Gasteiger partial charge on any atom is 0.313 e. The summed E-state index contributed by atoms with van der Waals surface area (Å²) in [4.78, 5) is 24.2. The van der Waals surface area contributed by atoms with Crippen molar-refractivity contribution in [1.82, 2.24) is 0 Å². The Hall–Kier alpha value is -1.32. The van der Waals surface area contributed by atoms with Gasteiger partial charge < -0.3 is 9.47 Å². The predicted octanol–water partition coefficient (Wildman–Crippen LogP) is 2.97. The van der Waals surface area contributed by atoms with E-state index in [2.05, 4.69) is 0 Å². The number of rotatable bonds is 6. The Morgan fingerprint density at radius 1 is 1.10 bits per heavy atom. The van der Waals surface area contributed by atoms with Crippen LogP contribution in [-0.4, -0.2) is 25.2 Å². The number of esters is 2. The van der Waals surface area contributed by atoms with Gasteiger partial charge >= 0.3 is 11.9 Å². The topological polar surface area (TPSA) is 52.6 Å². The van der Waals surface area contributed by atoms with Crippen LogP contribution in [-0.2, 0) is 19.1 Å². The Morgan fingerprint density at radius 3 is 2.10 bits per heavy atom. The number of carbonyl (C=O) groups is 2. The van der Waals surface area contributed by atoms with Gasteiger partial charge in [-0.15, -0.1) is 0 Å². The van der Waals surface area contributed by atoms with Crippen molar-refractivity contribution in [2.24, 2.45) is 23.7 Å². The minimum Gasteiger partial charge on any atom is -0.465 e. The molecular weight excluding hydrogens is 256 g/mol. The molecule has 2 unspecified atom stereocenters. The van der Waals surface area contributed by atoms with Crippen LogP contribution in [0.5, 0.6) is 0 Å². The lowest BCUT2D eigenvalue weighted by Gasteiger charge is -2.20. The molecule has 0 spiro atoms. The normalized spacial score (nSPS) is 22.1. The second-order valence-corrected chi connectivity index (χ2v) is 6.32. The fraction of sp³-hybridized carbons (Fsp3) is 0.750. The molecule has 2 atom stereocenters. The molecule has 0 fully saturated rings. The summed E-state index contributed by atoms with van der Waals surface area (Å²) in [6.07, 6.45) is 2.49. The van der Waals surface area contributed by atoms with E-state index in [1.165, 1.54) is 0 Å². The van der Waals surface area contributed by atoms with Crippen molar-refractivity contribution in [2.45, 2.75) is 41.0 Å². The minimum absolute atomic E-state index is 0.288. The highest BCUT2D eigenvalue weighted by Gasteiger charge is 2.40. The smallest absolute Gasteiger partial charge is 0.313 e. The van der Waals surface area contributed by atoms with E-state index in [0.717, 1.165) is 5.57 Å². The van der Waals surface area contributed by atoms with E-state index >= 15 is 0 Å². The SMILES string of the molecule is CC1=CCC(C(=O)OCC(C)C)C1C(=O)OCC(C)C. The van der Waals surface area contributed by atoms with Crippen molar-refractivity contribution >= 4 is 11.9 Å².